The number of benzene rings is 1. The van der Waals surface area contributed by atoms with Crippen LogP contribution in [0.4, 0.5) is 0 Å². The van der Waals surface area contributed by atoms with Crippen molar-refractivity contribution in [1.29, 1.82) is 0 Å². The second-order valence-corrected chi connectivity index (χ2v) is 6.01. The van der Waals surface area contributed by atoms with Gasteiger partial charge in [0.1, 0.15) is 12.4 Å². The van der Waals surface area contributed by atoms with Gasteiger partial charge in [0.15, 0.2) is 0 Å². The van der Waals surface area contributed by atoms with Crippen LogP contribution in [0.25, 0.3) is 0 Å². The average Bonchev–Trinajstić information content (AvgIpc) is 2.27. The van der Waals surface area contributed by atoms with Gasteiger partial charge in [-0.1, -0.05) is 6.07 Å². The van der Waals surface area contributed by atoms with Gasteiger partial charge in [-0.2, -0.15) is 0 Å². The number of esters is 1. The van der Waals surface area contributed by atoms with Gasteiger partial charge >= 0.3 is 5.97 Å². The summed E-state index contributed by atoms with van der Waals surface area (Å²) in [5.41, 5.74) is 0.332. The van der Waals surface area contributed by atoms with E-state index in [9.17, 15) is 13.2 Å². The molecule has 0 bridgehead atoms. The van der Waals surface area contributed by atoms with Crippen LogP contribution in [0.2, 0.25) is 0 Å². The molecule has 0 N–H and O–H groups in total. The minimum absolute atomic E-state index is 0.0730. The number of ether oxygens (including phenoxy) is 2. The van der Waals surface area contributed by atoms with Crippen molar-refractivity contribution in [3.63, 3.8) is 0 Å². The molecule has 7 heteroatoms. The van der Waals surface area contributed by atoms with Crippen molar-refractivity contribution in [2.45, 2.75) is 0 Å². The SMILES string of the molecule is COC(=O)c1cccc(OCCS(=O)(=O)Cl)c1. The Morgan fingerprint density at radius 2 is 2.12 bits per heavy atom. The zero-order chi connectivity index (χ0) is 12.9. The molecule has 0 radical (unpaired) electrons. The maximum absolute atomic E-state index is 11.2. The Balaban J connectivity index is 2.63. The topological polar surface area (TPSA) is 69.7 Å². The van der Waals surface area contributed by atoms with Crippen LogP contribution in [0, 0.1) is 0 Å². The molecule has 5 nitrogen and oxygen atoms in total. The lowest BCUT2D eigenvalue weighted by molar-refractivity contribution is 0.0600. The number of carbonyl (C=O) groups is 1. The molecule has 0 aromatic heterocycles. The van der Waals surface area contributed by atoms with Gasteiger partial charge in [-0.3, -0.25) is 0 Å². The number of rotatable bonds is 5. The molecule has 0 unspecified atom stereocenters. The summed E-state index contributed by atoms with van der Waals surface area (Å²) >= 11 is 0. The van der Waals surface area contributed by atoms with E-state index in [-0.39, 0.29) is 12.4 Å². The highest BCUT2D eigenvalue weighted by molar-refractivity contribution is 8.13. The highest BCUT2D eigenvalue weighted by Gasteiger charge is 2.08. The summed E-state index contributed by atoms with van der Waals surface area (Å²) in [6.07, 6.45) is 0. The van der Waals surface area contributed by atoms with Crippen molar-refractivity contribution in [1.82, 2.24) is 0 Å². The Hall–Kier alpha value is -1.27. The third-order valence-electron chi connectivity index (χ3n) is 1.85. The van der Waals surface area contributed by atoms with Gasteiger partial charge < -0.3 is 9.47 Å². The molecule has 1 aromatic carbocycles. The summed E-state index contributed by atoms with van der Waals surface area (Å²) in [7, 11) is 2.73. The van der Waals surface area contributed by atoms with Crippen LogP contribution in [0.5, 0.6) is 5.75 Å². The summed E-state index contributed by atoms with van der Waals surface area (Å²) in [5, 5.41) is 0. The second-order valence-electron chi connectivity index (χ2n) is 3.11. The zero-order valence-corrected chi connectivity index (χ0v) is 10.6. The van der Waals surface area contributed by atoms with Gasteiger partial charge in [-0.25, -0.2) is 13.2 Å². The Labute approximate surface area is 104 Å². The Morgan fingerprint density at radius 1 is 1.41 bits per heavy atom. The third-order valence-corrected chi connectivity index (χ3v) is 2.97. The lowest BCUT2D eigenvalue weighted by atomic mass is 10.2. The standard InChI is InChI=1S/C10H11ClO5S/c1-15-10(12)8-3-2-4-9(7-8)16-5-6-17(11,13)14/h2-4,7H,5-6H2,1H3. The second kappa shape index (κ2) is 5.88. The molecule has 1 rings (SSSR count). The lowest BCUT2D eigenvalue weighted by Gasteiger charge is -2.06. The van der Waals surface area contributed by atoms with Crippen LogP contribution in [0.3, 0.4) is 0 Å². The maximum Gasteiger partial charge on any atom is 0.337 e. The number of halogens is 1. The summed E-state index contributed by atoms with van der Waals surface area (Å²) in [6, 6.07) is 6.24. The minimum Gasteiger partial charge on any atom is -0.492 e. The van der Waals surface area contributed by atoms with E-state index in [0.717, 1.165) is 0 Å². The number of hydrogen-bond donors (Lipinski definition) is 0. The number of carbonyl (C=O) groups excluding carboxylic acids is 1. The van der Waals surface area contributed by atoms with Crippen molar-refractivity contribution in [2.75, 3.05) is 19.5 Å². The summed E-state index contributed by atoms with van der Waals surface area (Å²) < 4.78 is 31.0. The highest BCUT2D eigenvalue weighted by atomic mass is 35.7. The fourth-order valence-corrected chi connectivity index (χ4v) is 1.56. The third kappa shape index (κ3) is 5.06. The van der Waals surface area contributed by atoms with Crippen LogP contribution < -0.4 is 4.74 Å². The molecule has 0 saturated carbocycles. The average molecular weight is 279 g/mol. The fraction of sp³-hybridized carbons (Fsp3) is 0.300. The van der Waals surface area contributed by atoms with Crippen LogP contribution >= 0.6 is 10.7 Å². The summed E-state index contributed by atoms with van der Waals surface area (Å²) in [5.74, 6) is -0.398. The van der Waals surface area contributed by atoms with E-state index < -0.39 is 15.0 Å². The molecule has 0 atom stereocenters. The van der Waals surface area contributed by atoms with Gasteiger partial charge in [0.05, 0.1) is 18.4 Å². The maximum atomic E-state index is 11.2. The molecule has 0 saturated heterocycles. The van der Waals surface area contributed by atoms with E-state index >= 15 is 0 Å². The van der Waals surface area contributed by atoms with Crippen molar-refractivity contribution in [2.24, 2.45) is 0 Å². The Bertz CT molecular complexity index is 497. The van der Waals surface area contributed by atoms with Gasteiger partial charge in [-0.15, -0.1) is 0 Å². The van der Waals surface area contributed by atoms with Gasteiger partial charge in [-0.05, 0) is 18.2 Å². The van der Waals surface area contributed by atoms with E-state index in [1.54, 1.807) is 18.2 Å². The molecule has 0 aliphatic heterocycles. The van der Waals surface area contributed by atoms with Gasteiger partial charge in [0, 0.05) is 10.7 Å². The first-order valence-electron chi connectivity index (χ1n) is 4.66. The molecule has 0 amide bonds. The van der Waals surface area contributed by atoms with Crippen molar-refractivity contribution in [3.05, 3.63) is 29.8 Å². The van der Waals surface area contributed by atoms with Gasteiger partial charge in [0.25, 0.3) is 0 Å². The van der Waals surface area contributed by atoms with E-state index in [1.165, 1.54) is 13.2 Å². The summed E-state index contributed by atoms with van der Waals surface area (Å²) in [6.45, 7) is -0.0730. The largest absolute Gasteiger partial charge is 0.492 e. The molecular formula is C10H11ClO5S. The van der Waals surface area contributed by atoms with E-state index in [2.05, 4.69) is 4.74 Å². The molecular weight excluding hydrogens is 268 g/mol. The van der Waals surface area contributed by atoms with Gasteiger partial charge in [0.2, 0.25) is 9.05 Å². The summed E-state index contributed by atoms with van der Waals surface area (Å²) in [4.78, 5) is 11.2. The first kappa shape index (κ1) is 13.8. The molecule has 0 heterocycles. The van der Waals surface area contributed by atoms with Crippen LogP contribution in [0.1, 0.15) is 10.4 Å². The predicted molar refractivity (Wildman–Crippen MR) is 62.9 cm³/mol. The molecule has 0 aliphatic rings. The molecule has 0 fully saturated rings. The minimum atomic E-state index is -3.57. The first-order valence-corrected chi connectivity index (χ1v) is 7.14. The number of hydrogen-bond acceptors (Lipinski definition) is 5. The lowest BCUT2D eigenvalue weighted by Crippen LogP contribution is -2.09. The Morgan fingerprint density at radius 3 is 2.71 bits per heavy atom. The fourth-order valence-electron chi connectivity index (χ4n) is 1.09. The molecule has 17 heavy (non-hydrogen) atoms. The first-order chi connectivity index (χ1) is 7.92. The monoisotopic (exact) mass is 278 g/mol. The van der Waals surface area contributed by atoms with Crippen molar-refractivity contribution < 1.29 is 22.7 Å². The van der Waals surface area contributed by atoms with Crippen molar-refractivity contribution in [3.8, 4) is 5.75 Å². The van der Waals surface area contributed by atoms with Crippen molar-refractivity contribution >= 4 is 25.7 Å². The predicted octanol–water partition coefficient (Wildman–Crippen LogP) is 1.42. The molecule has 0 aliphatic carbocycles. The zero-order valence-electron chi connectivity index (χ0n) is 9.05. The quantitative estimate of drug-likeness (QED) is 0.602. The van der Waals surface area contributed by atoms with E-state index in [0.29, 0.717) is 11.3 Å². The normalized spacial score (nSPS) is 10.9. The van der Waals surface area contributed by atoms with E-state index in [1.807, 2.05) is 0 Å². The Kier molecular flexibility index (Phi) is 4.77. The van der Waals surface area contributed by atoms with Crippen LogP contribution in [-0.4, -0.2) is 33.9 Å². The van der Waals surface area contributed by atoms with Crippen LogP contribution in [-0.2, 0) is 13.8 Å². The number of methoxy groups -OCH3 is 1. The van der Waals surface area contributed by atoms with E-state index in [4.69, 9.17) is 15.4 Å². The highest BCUT2D eigenvalue weighted by Crippen LogP contribution is 2.14. The molecule has 94 valence electrons. The molecule has 1 aromatic rings. The van der Waals surface area contributed by atoms with Crippen LogP contribution in [0.15, 0.2) is 24.3 Å². The molecule has 0 spiro atoms. The smallest absolute Gasteiger partial charge is 0.337 e.